The Kier molecular flexibility index (Phi) is 2.40. The van der Waals surface area contributed by atoms with Gasteiger partial charge in [0.05, 0.1) is 6.04 Å². The Morgan fingerprint density at radius 3 is 2.58 bits per heavy atom. The van der Waals surface area contributed by atoms with Crippen molar-refractivity contribution in [3.05, 3.63) is 12.2 Å². The summed E-state index contributed by atoms with van der Waals surface area (Å²) in [5.41, 5.74) is 0.895. The lowest BCUT2D eigenvalue weighted by Gasteiger charge is -2.19. The standard InChI is InChI=1S/C9H15NO2/c1-5(2)7-8(6(3)4)12-9(11)10-7/h5,7-8H,3H2,1-2,4H3,(H,10,11)/t7-,8?/m0/s1. The molecule has 1 aliphatic rings. The molecule has 68 valence electrons. The number of cyclic esters (lactones) is 1. The van der Waals surface area contributed by atoms with Crippen LogP contribution in [0.1, 0.15) is 20.8 Å². The molecule has 3 nitrogen and oxygen atoms in total. The van der Waals surface area contributed by atoms with Gasteiger partial charge in [0.2, 0.25) is 0 Å². The highest BCUT2D eigenvalue weighted by molar-refractivity contribution is 5.70. The minimum absolute atomic E-state index is 0.0787. The molecule has 0 saturated carbocycles. The topological polar surface area (TPSA) is 38.3 Å². The molecule has 1 rings (SSSR count). The van der Waals surface area contributed by atoms with Crippen LogP contribution < -0.4 is 5.32 Å². The third-order valence-electron chi connectivity index (χ3n) is 2.05. The van der Waals surface area contributed by atoms with Crippen molar-refractivity contribution in [2.75, 3.05) is 0 Å². The van der Waals surface area contributed by atoms with Crippen molar-refractivity contribution < 1.29 is 9.53 Å². The fraction of sp³-hybridized carbons (Fsp3) is 0.667. The van der Waals surface area contributed by atoms with E-state index in [0.717, 1.165) is 5.57 Å². The molecule has 12 heavy (non-hydrogen) atoms. The van der Waals surface area contributed by atoms with E-state index in [1.807, 2.05) is 6.92 Å². The number of nitrogens with one attached hydrogen (secondary N) is 1. The molecule has 2 atom stereocenters. The summed E-state index contributed by atoms with van der Waals surface area (Å²) in [7, 11) is 0. The molecule has 0 radical (unpaired) electrons. The second-order valence-electron chi connectivity index (χ2n) is 3.59. The molecule has 0 aromatic heterocycles. The summed E-state index contributed by atoms with van der Waals surface area (Å²) < 4.78 is 5.05. The van der Waals surface area contributed by atoms with Crippen LogP contribution in [-0.4, -0.2) is 18.2 Å². The van der Waals surface area contributed by atoms with E-state index in [1.165, 1.54) is 0 Å². The Morgan fingerprint density at radius 2 is 2.25 bits per heavy atom. The highest BCUT2D eigenvalue weighted by Crippen LogP contribution is 2.20. The van der Waals surface area contributed by atoms with Gasteiger partial charge < -0.3 is 10.1 Å². The van der Waals surface area contributed by atoms with Crippen LogP contribution in [-0.2, 0) is 4.74 Å². The highest BCUT2D eigenvalue weighted by atomic mass is 16.6. The maximum atomic E-state index is 10.9. The summed E-state index contributed by atoms with van der Waals surface area (Å²) in [6.07, 6.45) is -0.487. The molecule has 1 unspecified atom stereocenters. The van der Waals surface area contributed by atoms with Crippen LogP contribution in [0.4, 0.5) is 4.79 Å². The molecule has 0 spiro atoms. The second kappa shape index (κ2) is 3.17. The largest absolute Gasteiger partial charge is 0.440 e. The molecule has 0 aromatic rings. The number of alkyl carbamates (subject to hydrolysis) is 1. The van der Waals surface area contributed by atoms with Crippen molar-refractivity contribution in [3.8, 4) is 0 Å². The molecule has 0 aromatic carbocycles. The van der Waals surface area contributed by atoms with Crippen LogP contribution in [0, 0.1) is 5.92 Å². The first-order valence-corrected chi connectivity index (χ1v) is 4.15. The van der Waals surface area contributed by atoms with E-state index >= 15 is 0 Å². The molecule has 3 heteroatoms. The summed E-state index contributed by atoms with van der Waals surface area (Å²) in [5.74, 6) is 0.373. The van der Waals surface area contributed by atoms with Crippen molar-refractivity contribution in [3.63, 3.8) is 0 Å². The number of hydrogen-bond donors (Lipinski definition) is 1. The predicted molar refractivity (Wildman–Crippen MR) is 46.8 cm³/mol. The fourth-order valence-electron chi connectivity index (χ4n) is 1.36. The maximum Gasteiger partial charge on any atom is 0.408 e. The number of carbonyl (C=O) groups is 1. The minimum Gasteiger partial charge on any atom is -0.440 e. The van der Waals surface area contributed by atoms with Gasteiger partial charge in [-0.05, 0) is 18.4 Å². The van der Waals surface area contributed by atoms with Gasteiger partial charge in [-0.2, -0.15) is 0 Å². The second-order valence-corrected chi connectivity index (χ2v) is 3.59. The van der Waals surface area contributed by atoms with E-state index in [1.54, 1.807) is 0 Å². The van der Waals surface area contributed by atoms with E-state index < -0.39 is 0 Å². The number of carbonyl (C=O) groups excluding carboxylic acids is 1. The third-order valence-corrected chi connectivity index (χ3v) is 2.05. The predicted octanol–water partition coefficient (Wildman–Crippen LogP) is 1.70. The smallest absolute Gasteiger partial charge is 0.408 e. The molecule has 0 bridgehead atoms. The van der Waals surface area contributed by atoms with Crippen molar-refractivity contribution in [2.45, 2.75) is 32.9 Å². The van der Waals surface area contributed by atoms with E-state index in [-0.39, 0.29) is 18.2 Å². The van der Waals surface area contributed by atoms with Crippen LogP contribution >= 0.6 is 0 Å². The van der Waals surface area contributed by atoms with E-state index in [9.17, 15) is 4.79 Å². The van der Waals surface area contributed by atoms with Crippen molar-refractivity contribution in [2.24, 2.45) is 5.92 Å². The molecular weight excluding hydrogens is 154 g/mol. The fourth-order valence-corrected chi connectivity index (χ4v) is 1.36. The van der Waals surface area contributed by atoms with Gasteiger partial charge in [0.15, 0.2) is 0 Å². The summed E-state index contributed by atoms with van der Waals surface area (Å²) >= 11 is 0. The van der Waals surface area contributed by atoms with E-state index in [2.05, 4.69) is 25.7 Å². The maximum absolute atomic E-state index is 10.9. The number of hydrogen-bond acceptors (Lipinski definition) is 2. The Hall–Kier alpha value is -0.990. The molecule has 1 heterocycles. The Bertz CT molecular complexity index is 211. The molecular formula is C9H15NO2. The lowest BCUT2D eigenvalue weighted by molar-refractivity contribution is 0.144. The van der Waals surface area contributed by atoms with Gasteiger partial charge >= 0.3 is 6.09 Å². The SMILES string of the molecule is C=C(C)C1OC(=O)N[C@H]1C(C)C. The normalized spacial score (nSPS) is 28.5. The van der Waals surface area contributed by atoms with Gasteiger partial charge in [0.25, 0.3) is 0 Å². The monoisotopic (exact) mass is 169 g/mol. The molecule has 0 aliphatic carbocycles. The van der Waals surface area contributed by atoms with Gasteiger partial charge in [0, 0.05) is 0 Å². The van der Waals surface area contributed by atoms with Crippen molar-refractivity contribution in [1.82, 2.24) is 5.32 Å². The van der Waals surface area contributed by atoms with Gasteiger partial charge in [-0.1, -0.05) is 20.4 Å². The zero-order chi connectivity index (χ0) is 9.30. The first kappa shape index (κ1) is 9.10. The first-order chi connectivity index (χ1) is 5.52. The van der Waals surface area contributed by atoms with Crippen LogP contribution in [0.5, 0.6) is 0 Å². The van der Waals surface area contributed by atoms with Gasteiger partial charge in [0.1, 0.15) is 6.10 Å². The van der Waals surface area contributed by atoms with Crippen molar-refractivity contribution >= 4 is 6.09 Å². The number of amides is 1. The Labute approximate surface area is 72.8 Å². The minimum atomic E-state index is -0.332. The average Bonchev–Trinajstić information content (AvgIpc) is 2.31. The highest BCUT2D eigenvalue weighted by Gasteiger charge is 2.36. The zero-order valence-electron chi connectivity index (χ0n) is 7.76. The number of ether oxygens (including phenoxy) is 1. The summed E-state index contributed by atoms with van der Waals surface area (Å²) in [6.45, 7) is 9.76. The molecule has 1 fully saturated rings. The Morgan fingerprint density at radius 1 is 1.67 bits per heavy atom. The molecule has 1 N–H and O–H groups in total. The third kappa shape index (κ3) is 1.60. The summed E-state index contributed by atoms with van der Waals surface area (Å²) in [4.78, 5) is 10.9. The van der Waals surface area contributed by atoms with Crippen LogP contribution in [0.2, 0.25) is 0 Å². The summed E-state index contributed by atoms with van der Waals surface area (Å²) in [5, 5.41) is 2.76. The van der Waals surface area contributed by atoms with Crippen LogP contribution in [0.15, 0.2) is 12.2 Å². The number of rotatable bonds is 2. The summed E-state index contributed by atoms with van der Waals surface area (Å²) in [6, 6.07) is 0.0787. The van der Waals surface area contributed by atoms with Crippen LogP contribution in [0.25, 0.3) is 0 Å². The lowest BCUT2D eigenvalue weighted by atomic mass is 9.96. The quantitative estimate of drug-likeness (QED) is 0.639. The Balaban J connectivity index is 2.72. The van der Waals surface area contributed by atoms with Gasteiger partial charge in [-0.3, -0.25) is 0 Å². The van der Waals surface area contributed by atoms with Gasteiger partial charge in [-0.15, -0.1) is 0 Å². The first-order valence-electron chi connectivity index (χ1n) is 4.15. The van der Waals surface area contributed by atoms with Crippen LogP contribution in [0.3, 0.4) is 0 Å². The average molecular weight is 169 g/mol. The van der Waals surface area contributed by atoms with Gasteiger partial charge in [-0.25, -0.2) is 4.79 Å². The molecule has 1 saturated heterocycles. The van der Waals surface area contributed by atoms with E-state index in [0.29, 0.717) is 5.92 Å². The molecule has 1 amide bonds. The lowest BCUT2D eigenvalue weighted by Crippen LogP contribution is -2.36. The molecule has 1 aliphatic heterocycles. The van der Waals surface area contributed by atoms with E-state index in [4.69, 9.17) is 4.74 Å². The zero-order valence-corrected chi connectivity index (χ0v) is 7.76. The van der Waals surface area contributed by atoms with Crippen molar-refractivity contribution in [1.29, 1.82) is 0 Å².